The van der Waals surface area contributed by atoms with Gasteiger partial charge in [0, 0.05) is 0 Å². The summed E-state index contributed by atoms with van der Waals surface area (Å²) in [5, 5.41) is 16.5. The maximum absolute atomic E-state index is 8.26. The second kappa shape index (κ2) is 6.91. The lowest BCUT2D eigenvalue weighted by molar-refractivity contribution is -0.148. The fourth-order valence-corrected chi connectivity index (χ4v) is 0.386. The minimum absolute atomic E-state index is 0.0871. The van der Waals surface area contributed by atoms with E-state index in [1.54, 1.807) is 0 Å². The Balaban J connectivity index is 3.00. The number of nitrogens with two attached hydrogens (primary N) is 1. The summed E-state index contributed by atoms with van der Waals surface area (Å²) >= 11 is 0. The topological polar surface area (TPSA) is 84.9 Å². The summed E-state index contributed by atoms with van der Waals surface area (Å²) in [5.41, 5.74) is 5.18. The van der Waals surface area contributed by atoms with Crippen molar-refractivity contribution in [2.45, 2.75) is 6.41 Å². The molecule has 0 rings (SSSR count). The summed E-state index contributed by atoms with van der Waals surface area (Å²) in [4.78, 5) is 0. The average Bonchev–Trinajstić information content (AvgIpc) is 1.97. The Hall–Kier alpha value is -0.200. The fourth-order valence-electron chi connectivity index (χ4n) is 0.386. The van der Waals surface area contributed by atoms with Gasteiger partial charge in [0.05, 0.1) is 26.4 Å². The van der Waals surface area contributed by atoms with E-state index in [1.807, 2.05) is 0 Å². The van der Waals surface area contributed by atoms with Crippen molar-refractivity contribution in [1.82, 2.24) is 0 Å². The van der Waals surface area contributed by atoms with Gasteiger partial charge in [-0.1, -0.05) is 0 Å². The third-order valence-corrected chi connectivity index (χ3v) is 0.747. The molecule has 0 spiro atoms. The second-order valence-electron chi connectivity index (χ2n) is 1.56. The van der Waals surface area contributed by atoms with Crippen molar-refractivity contribution in [3.8, 4) is 0 Å². The summed E-state index contributed by atoms with van der Waals surface area (Å²) in [7, 11) is 0. The second-order valence-corrected chi connectivity index (χ2v) is 1.56. The molecule has 62 valence electrons. The van der Waals surface area contributed by atoms with E-state index in [-0.39, 0.29) is 26.4 Å². The zero-order valence-electron chi connectivity index (χ0n) is 5.69. The number of aliphatic hydroxyl groups is 2. The number of hydrogen-bond acceptors (Lipinski definition) is 5. The van der Waals surface area contributed by atoms with Crippen LogP contribution in [0.15, 0.2) is 0 Å². The number of ether oxygens (including phenoxy) is 2. The zero-order chi connectivity index (χ0) is 7.82. The third-order valence-electron chi connectivity index (χ3n) is 0.747. The van der Waals surface area contributed by atoms with Crippen LogP contribution in [-0.2, 0) is 9.47 Å². The van der Waals surface area contributed by atoms with Gasteiger partial charge in [0.2, 0.25) is 6.41 Å². The van der Waals surface area contributed by atoms with Crippen LogP contribution in [0.5, 0.6) is 0 Å². The standard InChI is InChI=1S/C5H13NO4/c6-5(9-3-1-7)10-4-2-8/h5,7-8H,1-4,6H2. The molecule has 0 saturated carbocycles. The van der Waals surface area contributed by atoms with Gasteiger partial charge >= 0.3 is 0 Å². The molecule has 0 saturated heterocycles. The van der Waals surface area contributed by atoms with Crippen LogP contribution in [0.4, 0.5) is 0 Å². The molecule has 0 aromatic heterocycles. The first kappa shape index (κ1) is 9.80. The van der Waals surface area contributed by atoms with Crippen LogP contribution in [0.3, 0.4) is 0 Å². The molecule has 0 heterocycles. The summed E-state index contributed by atoms with van der Waals surface area (Å²) in [5.74, 6) is 0. The first-order chi connectivity index (χ1) is 4.81. The van der Waals surface area contributed by atoms with Crippen molar-refractivity contribution in [1.29, 1.82) is 0 Å². The molecule has 5 heteroatoms. The van der Waals surface area contributed by atoms with Crippen LogP contribution in [0.2, 0.25) is 0 Å². The van der Waals surface area contributed by atoms with Crippen molar-refractivity contribution in [2.24, 2.45) is 5.73 Å². The van der Waals surface area contributed by atoms with E-state index in [0.29, 0.717) is 0 Å². The first-order valence-corrected chi connectivity index (χ1v) is 3.01. The molecule has 0 aliphatic rings. The van der Waals surface area contributed by atoms with Crippen molar-refractivity contribution >= 4 is 0 Å². The van der Waals surface area contributed by atoms with Gasteiger partial charge in [0.1, 0.15) is 0 Å². The van der Waals surface area contributed by atoms with Gasteiger partial charge in [0.25, 0.3) is 0 Å². The molecule has 0 radical (unpaired) electrons. The maximum Gasteiger partial charge on any atom is 0.213 e. The number of hydrogen-bond donors (Lipinski definition) is 3. The number of aliphatic hydroxyl groups excluding tert-OH is 2. The molecule has 0 atom stereocenters. The minimum atomic E-state index is -0.848. The highest BCUT2D eigenvalue weighted by Gasteiger charge is 1.99. The molecule has 0 unspecified atom stereocenters. The van der Waals surface area contributed by atoms with Gasteiger partial charge in [0.15, 0.2) is 0 Å². The highest BCUT2D eigenvalue weighted by atomic mass is 16.7. The van der Waals surface area contributed by atoms with Crippen molar-refractivity contribution < 1.29 is 19.7 Å². The Bertz CT molecular complexity index is 62.7. The molecule has 0 bridgehead atoms. The largest absolute Gasteiger partial charge is 0.394 e. The van der Waals surface area contributed by atoms with E-state index in [9.17, 15) is 0 Å². The lowest BCUT2D eigenvalue weighted by Gasteiger charge is -2.11. The molecule has 0 aliphatic heterocycles. The monoisotopic (exact) mass is 151 g/mol. The summed E-state index contributed by atoms with van der Waals surface area (Å²) in [6.07, 6.45) is -0.848. The Morgan fingerprint density at radius 1 is 1.10 bits per heavy atom. The van der Waals surface area contributed by atoms with Gasteiger partial charge in [-0.3, -0.25) is 5.73 Å². The SMILES string of the molecule is NC(OCCO)OCCO. The predicted octanol–water partition coefficient (Wildman–Crippen LogP) is -1.75. The van der Waals surface area contributed by atoms with E-state index < -0.39 is 6.41 Å². The average molecular weight is 151 g/mol. The Morgan fingerprint density at radius 3 is 1.80 bits per heavy atom. The summed E-state index contributed by atoms with van der Waals surface area (Å²) in [6.45, 7) is 0.117. The van der Waals surface area contributed by atoms with E-state index in [0.717, 1.165) is 0 Å². The zero-order valence-corrected chi connectivity index (χ0v) is 5.69. The van der Waals surface area contributed by atoms with Crippen molar-refractivity contribution in [2.75, 3.05) is 26.4 Å². The Morgan fingerprint density at radius 2 is 1.50 bits per heavy atom. The van der Waals surface area contributed by atoms with E-state index in [2.05, 4.69) is 9.47 Å². The Kier molecular flexibility index (Phi) is 6.78. The first-order valence-electron chi connectivity index (χ1n) is 3.01. The highest BCUT2D eigenvalue weighted by molar-refractivity contribution is 4.30. The van der Waals surface area contributed by atoms with E-state index in [1.165, 1.54) is 0 Å². The van der Waals surface area contributed by atoms with Gasteiger partial charge < -0.3 is 19.7 Å². The lowest BCUT2D eigenvalue weighted by Crippen LogP contribution is -2.29. The summed E-state index contributed by atoms with van der Waals surface area (Å²) in [6, 6.07) is 0. The normalized spacial score (nSPS) is 10.8. The van der Waals surface area contributed by atoms with Gasteiger partial charge in [-0.25, -0.2) is 0 Å². The van der Waals surface area contributed by atoms with Gasteiger partial charge in [-0.05, 0) is 0 Å². The maximum atomic E-state index is 8.26. The molecular weight excluding hydrogens is 138 g/mol. The molecule has 0 fully saturated rings. The van der Waals surface area contributed by atoms with Gasteiger partial charge in [-0.2, -0.15) is 0 Å². The minimum Gasteiger partial charge on any atom is -0.394 e. The summed E-state index contributed by atoms with van der Waals surface area (Å²) < 4.78 is 9.38. The van der Waals surface area contributed by atoms with E-state index >= 15 is 0 Å². The third kappa shape index (κ3) is 5.93. The highest BCUT2D eigenvalue weighted by Crippen LogP contribution is 1.84. The van der Waals surface area contributed by atoms with Crippen LogP contribution < -0.4 is 5.73 Å². The molecule has 0 aromatic carbocycles. The quantitative estimate of drug-likeness (QED) is 0.392. The smallest absolute Gasteiger partial charge is 0.213 e. The number of rotatable bonds is 6. The molecule has 10 heavy (non-hydrogen) atoms. The predicted molar refractivity (Wildman–Crippen MR) is 34.1 cm³/mol. The van der Waals surface area contributed by atoms with Crippen molar-refractivity contribution in [3.63, 3.8) is 0 Å². The van der Waals surface area contributed by atoms with Gasteiger partial charge in [-0.15, -0.1) is 0 Å². The van der Waals surface area contributed by atoms with Crippen LogP contribution in [0, 0.1) is 0 Å². The van der Waals surface area contributed by atoms with Crippen LogP contribution in [0.1, 0.15) is 0 Å². The van der Waals surface area contributed by atoms with Crippen LogP contribution in [-0.4, -0.2) is 43.1 Å². The van der Waals surface area contributed by atoms with Crippen LogP contribution in [0.25, 0.3) is 0 Å². The van der Waals surface area contributed by atoms with Crippen LogP contribution >= 0.6 is 0 Å². The molecule has 0 aromatic rings. The molecule has 0 amide bonds. The Labute approximate surface area is 59.4 Å². The molecule has 4 N–H and O–H groups in total. The van der Waals surface area contributed by atoms with E-state index in [4.69, 9.17) is 15.9 Å². The fraction of sp³-hybridized carbons (Fsp3) is 1.00. The molecular formula is C5H13NO4. The molecule has 0 aliphatic carbocycles. The lowest BCUT2D eigenvalue weighted by atomic mass is 10.8. The molecule has 5 nitrogen and oxygen atoms in total. The van der Waals surface area contributed by atoms with Crippen molar-refractivity contribution in [3.05, 3.63) is 0 Å².